The highest BCUT2D eigenvalue weighted by molar-refractivity contribution is 5.95. The number of amides is 2. The van der Waals surface area contributed by atoms with E-state index in [0.717, 1.165) is 17.0 Å². The number of nitrogens with zero attached hydrogens (tertiary/aromatic N) is 2. The van der Waals surface area contributed by atoms with Gasteiger partial charge in [-0.15, -0.1) is 0 Å². The first kappa shape index (κ1) is 19.2. The molecule has 144 valence electrons. The summed E-state index contributed by atoms with van der Waals surface area (Å²) in [4.78, 5) is 24.3. The van der Waals surface area contributed by atoms with Crippen molar-refractivity contribution in [1.82, 2.24) is 20.6 Å². The predicted octanol–water partition coefficient (Wildman–Crippen LogP) is 2.54. The van der Waals surface area contributed by atoms with Crippen LogP contribution >= 0.6 is 0 Å². The minimum absolute atomic E-state index is 0.0280. The van der Waals surface area contributed by atoms with Crippen molar-refractivity contribution in [3.05, 3.63) is 83.2 Å². The van der Waals surface area contributed by atoms with Gasteiger partial charge in [-0.3, -0.25) is 25.1 Å². The Labute approximate surface area is 163 Å². The molecule has 0 aliphatic heterocycles. The van der Waals surface area contributed by atoms with Crippen LogP contribution in [0.1, 0.15) is 27.3 Å². The van der Waals surface area contributed by atoms with E-state index in [4.69, 9.17) is 4.74 Å². The zero-order valence-corrected chi connectivity index (χ0v) is 15.8. The Morgan fingerprint density at radius 3 is 2.50 bits per heavy atom. The summed E-state index contributed by atoms with van der Waals surface area (Å²) in [7, 11) is 0. The minimum atomic E-state index is -0.424. The van der Waals surface area contributed by atoms with Crippen molar-refractivity contribution < 1.29 is 14.3 Å². The van der Waals surface area contributed by atoms with Crippen LogP contribution in [0.5, 0.6) is 5.75 Å². The van der Waals surface area contributed by atoms with Crippen LogP contribution in [0.2, 0.25) is 0 Å². The van der Waals surface area contributed by atoms with Crippen LogP contribution in [0.15, 0.2) is 60.7 Å². The lowest BCUT2D eigenvalue weighted by Gasteiger charge is -2.10. The summed E-state index contributed by atoms with van der Waals surface area (Å²) in [5.74, 6) is -0.214. The molecule has 3 aromatic rings. The third-order valence-corrected chi connectivity index (χ3v) is 4.06. The summed E-state index contributed by atoms with van der Waals surface area (Å²) >= 11 is 0. The molecule has 0 saturated heterocycles. The molecule has 1 aromatic heterocycles. The third kappa shape index (κ3) is 5.20. The Kier molecular flexibility index (Phi) is 6.06. The molecule has 0 fully saturated rings. The van der Waals surface area contributed by atoms with Gasteiger partial charge in [0, 0.05) is 11.3 Å². The molecule has 3 rings (SSSR count). The van der Waals surface area contributed by atoms with E-state index in [2.05, 4.69) is 16.0 Å². The maximum atomic E-state index is 12.3. The monoisotopic (exact) mass is 378 g/mol. The van der Waals surface area contributed by atoms with Crippen LogP contribution in [-0.4, -0.2) is 21.6 Å². The topological polar surface area (TPSA) is 85.2 Å². The zero-order chi connectivity index (χ0) is 19.9. The van der Waals surface area contributed by atoms with Crippen LogP contribution < -0.4 is 15.6 Å². The van der Waals surface area contributed by atoms with Gasteiger partial charge in [-0.05, 0) is 43.7 Å². The summed E-state index contributed by atoms with van der Waals surface area (Å²) in [6, 6.07) is 18.4. The number of rotatable bonds is 6. The number of aromatic nitrogens is 2. The Hall–Kier alpha value is -3.61. The van der Waals surface area contributed by atoms with E-state index in [-0.39, 0.29) is 12.5 Å². The maximum absolute atomic E-state index is 12.3. The van der Waals surface area contributed by atoms with Crippen molar-refractivity contribution in [1.29, 1.82) is 0 Å². The van der Waals surface area contributed by atoms with Crippen LogP contribution in [0.25, 0.3) is 0 Å². The number of hydrogen-bond donors (Lipinski definition) is 2. The van der Waals surface area contributed by atoms with Crippen LogP contribution in [-0.2, 0) is 17.9 Å². The lowest BCUT2D eigenvalue weighted by atomic mass is 10.2. The molecule has 7 heteroatoms. The fraction of sp³-hybridized carbons (Fsp3) is 0.190. The first-order valence-corrected chi connectivity index (χ1v) is 8.88. The summed E-state index contributed by atoms with van der Waals surface area (Å²) in [5, 5.41) is 4.22. The molecule has 1 heterocycles. The van der Waals surface area contributed by atoms with E-state index >= 15 is 0 Å². The number of nitrogens with one attached hydrogen (secondary N) is 2. The molecule has 0 radical (unpaired) electrons. The van der Waals surface area contributed by atoms with Crippen molar-refractivity contribution in [3.8, 4) is 5.75 Å². The van der Waals surface area contributed by atoms with E-state index in [0.29, 0.717) is 17.9 Å². The molecule has 0 saturated carbocycles. The van der Waals surface area contributed by atoms with E-state index in [1.165, 1.54) is 0 Å². The second kappa shape index (κ2) is 8.85. The average Bonchev–Trinajstić information content (AvgIpc) is 3.02. The van der Waals surface area contributed by atoms with E-state index in [1.54, 1.807) is 28.9 Å². The molecule has 0 aliphatic carbocycles. The molecule has 7 nitrogen and oxygen atoms in total. The second-order valence-electron chi connectivity index (χ2n) is 6.39. The third-order valence-electron chi connectivity index (χ3n) is 4.06. The van der Waals surface area contributed by atoms with Gasteiger partial charge in [0.15, 0.2) is 0 Å². The molecule has 2 amide bonds. The Bertz CT molecular complexity index is 967. The fourth-order valence-corrected chi connectivity index (χ4v) is 2.68. The molecular weight excluding hydrogens is 356 g/mol. The predicted molar refractivity (Wildman–Crippen MR) is 105 cm³/mol. The van der Waals surface area contributed by atoms with Crippen LogP contribution in [0.3, 0.4) is 0 Å². The van der Waals surface area contributed by atoms with Gasteiger partial charge in [-0.2, -0.15) is 5.10 Å². The summed E-state index contributed by atoms with van der Waals surface area (Å²) in [5.41, 5.74) is 7.95. The standard InChI is InChI=1S/C21H22N4O3/c1-15-11-16(2)25(24-15)13-20(26)22-23-21(27)18-9-6-10-19(12-18)28-14-17-7-4-3-5-8-17/h3-12H,13-14H2,1-2H3,(H,22,26)(H,23,27). The quantitative estimate of drug-likeness (QED) is 0.646. The molecular formula is C21H22N4O3. The van der Waals surface area contributed by atoms with Gasteiger partial charge in [-0.1, -0.05) is 36.4 Å². The second-order valence-corrected chi connectivity index (χ2v) is 6.39. The lowest BCUT2D eigenvalue weighted by molar-refractivity contribution is -0.122. The number of hydrazine groups is 1. The van der Waals surface area contributed by atoms with Crippen LogP contribution in [0.4, 0.5) is 0 Å². The van der Waals surface area contributed by atoms with Crippen molar-refractivity contribution in [2.24, 2.45) is 0 Å². The zero-order valence-electron chi connectivity index (χ0n) is 15.8. The smallest absolute Gasteiger partial charge is 0.269 e. The average molecular weight is 378 g/mol. The number of benzene rings is 2. The highest BCUT2D eigenvalue weighted by atomic mass is 16.5. The molecule has 0 bridgehead atoms. The van der Waals surface area contributed by atoms with Gasteiger partial charge < -0.3 is 4.74 Å². The first-order valence-electron chi connectivity index (χ1n) is 8.88. The number of carbonyl (C=O) groups is 2. The van der Waals surface area contributed by atoms with Crippen molar-refractivity contribution in [3.63, 3.8) is 0 Å². The first-order chi connectivity index (χ1) is 13.5. The van der Waals surface area contributed by atoms with E-state index in [9.17, 15) is 9.59 Å². The molecule has 0 spiro atoms. The maximum Gasteiger partial charge on any atom is 0.269 e. The summed E-state index contributed by atoms with van der Waals surface area (Å²) < 4.78 is 7.30. The van der Waals surface area contributed by atoms with Crippen molar-refractivity contribution in [2.75, 3.05) is 0 Å². The van der Waals surface area contributed by atoms with Gasteiger partial charge in [0.2, 0.25) is 0 Å². The van der Waals surface area contributed by atoms with E-state index in [1.807, 2.05) is 50.2 Å². The molecule has 2 N–H and O–H groups in total. The summed E-state index contributed by atoms with van der Waals surface area (Å²) in [6.45, 7) is 4.16. The van der Waals surface area contributed by atoms with Gasteiger partial charge in [0.1, 0.15) is 18.9 Å². The Morgan fingerprint density at radius 2 is 1.79 bits per heavy atom. The number of aryl methyl sites for hydroxylation is 2. The molecule has 0 aliphatic rings. The van der Waals surface area contributed by atoms with Gasteiger partial charge >= 0.3 is 0 Å². The highest BCUT2D eigenvalue weighted by Gasteiger charge is 2.10. The minimum Gasteiger partial charge on any atom is -0.489 e. The van der Waals surface area contributed by atoms with Crippen LogP contribution in [0, 0.1) is 13.8 Å². The lowest BCUT2D eigenvalue weighted by Crippen LogP contribution is -2.43. The number of hydrogen-bond acceptors (Lipinski definition) is 4. The number of carbonyl (C=O) groups excluding carboxylic acids is 2. The van der Waals surface area contributed by atoms with Crippen molar-refractivity contribution >= 4 is 11.8 Å². The molecule has 28 heavy (non-hydrogen) atoms. The SMILES string of the molecule is Cc1cc(C)n(CC(=O)NNC(=O)c2cccc(OCc3ccccc3)c2)n1. The molecule has 0 atom stereocenters. The largest absolute Gasteiger partial charge is 0.489 e. The highest BCUT2D eigenvalue weighted by Crippen LogP contribution is 2.15. The van der Waals surface area contributed by atoms with Gasteiger partial charge in [0.05, 0.1) is 5.69 Å². The normalized spacial score (nSPS) is 10.4. The van der Waals surface area contributed by atoms with Gasteiger partial charge in [0.25, 0.3) is 11.8 Å². The van der Waals surface area contributed by atoms with Gasteiger partial charge in [-0.25, -0.2) is 0 Å². The molecule has 2 aromatic carbocycles. The van der Waals surface area contributed by atoms with E-state index < -0.39 is 5.91 Å². The molecule has 0 unspecified atom stereocenters. The fourth-order valence-electron chi connectivity index (χ4n) is 2.68. The Balaban J connectivity index is 1.52. The Morgan fingerprint density at radius 1 is 1.00 bits per heavy atom. The summed E-state index contributed by atoms with van der Waals surface area (Å²) in [6.07, 6.45) is 0. The van der Waals surface area contributed by atoms with Crippen molar-refractivity contribution in [2.45, 2.75) is 27.0 Å². The number of ether oxygens (including phenoxy) is 1.